The molecule has 0 saturated heterocycles. The van der Waals surface area contributed by atoms with Crippen LogP contribution in [0.2, 0.25) is 0 Å². The van der Waals surface area contributed by atoms with Crippen molar-refractivity contribution < 1.29 is 4.92 Å². The summed E-state index contributed by atoms with van der Waals surface area (Å²) in [5.74, 6) is -0.0933. The van der Waals surface area contributed by atoms with Gasteiger partial charge in [0.05, 0.1) is 10.6 Å². The number of anilines is 1. The van der Waals surface area contributed by atoms with Crippen molar-refractivity contribution in [3.05, 3.63) is 61.3 Å². The lowest BCUT2D eigenvalue weighted by Crippen LogP contribution is -2.30. The van der Waals surface area contributed by atoms with Gasteiger partial charge in [-0.25, -0.2) is 9.36 Å². The van der Waals surface area contributed by atoms with E-state index in [4.69, 9.17) is 5.73 Å². The lowest BCUT2D eigenvalue weighted by atomic mass is 10.3. The smallest absolute Gasteiger partial charge is 0.334 e. The summed E-state index contributed by atoms with van der Waals surface area (Å²) in [6, 6.07) is 6.40. The lowest BCUT2D eigenvalue weighted by Gasteiger charge is -2.07. The monoisotopic (exact) mass is 248 g/mol. The first kappa shape index (κ1) is 11.6. The molecule has 0 atom stereocenters. The molecule has 2 aromatic rings. The van der Waals surface area contributed by atoms with Gasteiger partial charge < -0.3 is 5.73 Å². The summed E-state index contributed by atoms with van der Waals surface area (Å²) in [5, 5.41) is 10.6. The summed E-state index contributed by atoms with van der Waals surface area (Å²) in [6.45, 7) is 0. The number of nitrogens with two attached hydrogens (primary N) is 1. The van der Waals surface area contributed by atoms with Crippen LogP contribution in [0.25, 0.3) is 5.69 Å². The molecule has 0 bridgehead atoms. The Kier molecular flexibility index (Phi) is 2.68. The van der Waals surface area contributed by atoms with Crippen molar-refractivity contribution in [2.75, 3.05) is 5.73 Å². The average molecular weight is 248 g/mol. The lowest BCUT2D eigenvalue weighted by molar-refractivity contribution is -0.384. The number of nitrogen functional groups attached to an aromatic ring is 1. The third kappa shape index (κ3) is 1.98. The second kappa shape index (κ2) is 4.17. The van der Waals surface area contributed by atoms with Crippen LogP contribution in [0.4, 0.5) is 11.5 Å². The molecule has 1 aromatic heterocycles. The van der Waals surface area contributed by atoms with E-state index in [9.17, 15) is 19.7 Å². The molecule has 0 amide bonds. The van der Waals surface area contributed by atoms with Crippen LogP contribution < -0.4 is 17.0 Å². The number of non-ortho nitro benzene ring substituents is 1. The van der Waals surface area contributed by atoms with Gasteiger partial charge in [-0.05, 0) is 6.07 Å². The first-order valence-electron chi connectivity index (χ1n) is 4.86. The van der Waals surface area contributed by atoms with Gasteiger partial charge in [-0.1, -0.05) is 6.07 Å². The number of aromatic nitrogens is 2. The van der Waals surface area contributed by atoms with Crippen molar-refractivity contribution in [1.29, 1.82) is 0 Å². The first-order valence-corrected chi connectivity index (χ1v) is 4.86. The van der Waals surface area contributed by atoms with E-state index in [1.54, 1.807) is 0 Å². The third-order valence-electron chi connectivity index (χ3n) is 2.27. The Labute approximate surface area is 99.5 Å². The molecule has 0 aliphatic rings. The Bertz CT molecular complexity index is 731. The maximum Gasteiger partial charge on any atom is 0.334 e. The van der Waals surface area contributed by atoms with Crippen LogP contribution in [0.1, 0.15) is 0 Å². The van der Waals surface area contributed by atoms with Gasteiger partial charge in [-0.3, -0.25) is 19.9 Å². The van der Waals surface area contributed by atoms with Gasteiger partial charge >= 0.3 is 5.69 Å². The Morgan fingerprint density at radius 3 is 2.61 bits per heavy atom. The highest BCUT2D eigenvalue weighted by molar-refractivity contribution is 5.47. The standard InChI is InChI=1S/C10H8N4O4/c11-8-5-9(15)12-10(16)13(8)6-2-1-3-7(4-6)14(17)18/h1-5H,11H2,(H,12,15,16). The van der Waals surface area contributed by atoms with E-state index in [0.29, 0.717) is 0 Å². The number of hydrogen-bond donors (Lipinski definition) is 2. The zero-order chi connectivity index (χ0) is 13.3. The number of H-pyrrole nitrogens is 1. The van der Waals surface area contributed by atoms with Gasteiger partial charge in [0, 0.05) is 18.2 Å². The molecular formula is C10H8N4O4. The Balaban J connectivity index is 2.70. The second-order valence-electron chi connectivity index (χ2n) is 3.48. The maximum absolute atomic E-state index is 11.6. The highest BCUT2D eigenvalue weighted by atomic mass is 16.6. The predicted octanol–water partition coefficient (Wildman–Crippen LogP) is 0.0162. The number of nitrogens with zero attached hydrogens (tertiary/aromatic N) is 2. The van der Waals surface area contributed by atoms with Gasteiger partial charge in [0.25, 0.3) is 11.2 Å². The number of nitro benzene ring substituents is 1. The fourth-order valence-electron chi connectivity index (χ4n) is 1.53. The van der Waals surface area contributed by atoms with Crippen molar-refractivity contribution in [2.45, 2.75) is 0 Å². The Morgan fingerprint density at radius 1 is 1.28 bits per heavy atom. The molecule has 0 spiro atoms. The number of nitrogens with one attached hydrogen (secondary N) is 1. The van der Waals surface area contributed by atoms with E-state index in [1.807, 2.05) is 4.98 Å². The zero-order valence-corrected chi connectivity index (χ0v) is 8.99. The van der Waals surface area contributed by atoms with E-state index in [1.165, 1.54) is 24.3 Å². The van der Waals surface area contributed by atoms with Crippen LogP contribution in [0.15, 0.2) is 39.9 Å². The normalized spacial score (nSPS) is 10.2. The Morgan fingerprint density at radius 2 is 2.00 bits per heavy atom. The van der Waals surface area contributed by atoms with E-state index in [-0.39, 0.29) is 17.2 Å². The second-order valence-corrected chi connectivity index (χ2v) is 3.48. The molecule has 0 radical (unpaired) electrons. The van der Waals surface area contributed by atoms with E-state index in [2.05, 4.69) is 0 Å². The van der Waals surface area contributed by atoms with E-state index in [0.717, 1.165) is 10.6 Å². The van der Waals surface area contributed by atoms with Crippen molar-refractivity contribution in [3.8, 4) is 5.69 Å². The summed E-state index contributed by atoms with van der Waals surface area (Å²) in [4.78, 5) is 34.7. The fourth-order valence-corrected chi connectivity index (χ4v) is 1.53. The van der Waals surface area contributed by atoms with Crippen LogP contribution in [0.5, 0.6) is 0 Å². The fraction of sp³-hybridized carbons (Fsp3) is 0. The predicted molar refractivity (Wildman–Crippen MR) is 63.7 cm³/mol. The summed E-state index contributed by atoms with van der Waals surface area (Å²) in [5.41, 5.74) is 4.21. The number of rotatable bonds is 2. The van der Waals surface area contributed by atoms with Crippen LogP contribution in [0, 0.1) is 10.1 Å². The van der Waals surface area contributed by atoms with Crippen LogP contribution in [0.3, 0.4) is 0 Å². The molecule has 1 heterocycles. The molecular weight excluding hydrogens is 240 g/mol. The highest BCUT2D eigenvalue weighted by Gasteiger charge is 2.10. The SMILES string of the molecule is Nc1cc(=O)[nH]c(=O)n1-c1cccc([N+](=O)[O-])c1. The van der Waals surface area contributed by atoms with Gasteiger partial charge in [0.1, 0.15) is 5.82 Å². The molecule has 3 N–H and O–H groups in total. The van der Waals surface area contributed by atoms with Crippen LogP contribution >= 0.6 is 0 Å². The quantitative estimate of drug-likeness (QED) is 0.572. The topological polar surface area (TPSA) is 124 Å². The summed E-state index contributed by atoms with van der Waals surface area (Å²) in [6.07, 6.45) is 0. The van der Waals surface area contributed by atoms with Gasteiger partial charge in [-0.15, -0.1) is 0 Å². The van der Waals surface area contributed by atoms with Crippen LogP contribution in [-0.4, -0.2) is 14.5 Å². The van der Waals surface area contributed by atoms with E-state index >= 15 is 0 Å². The van der Waals surface area contributed by atoms with Gasteiger partial charge in [0.15, 0.2) is 0 Å². The first-order chi connectivity index (χ1) is 8.49. The maximum atomic E-state index is 11.6. The molecule has 0 saturated carbocycles. The molecule has 92 valence electrons. The van der Waals surface area contributed by atoms with Crippen LogP contribution in [-0.2, 0) is 0 Å². The molecule has 18 heavy (non-hydrogen) atoms. The Hall–Kier alpha value is -2.90. The van der Waals surface area contributed by atoms with E-state index < -0.39 is 16.2 Å². The van der Waals surface area contributed by atoms with Gasteiger partial charge in [0.2, 0.25) is 0 Å². The van der Waals surface area contributed by atoms with Crippen molar-refractivity contribution in [1.82, 2.24) is 9.55 Å². The van der Waals surface area contributed by atoms with Crippen molar-refractivity contribution in [2.24, 2.45) is 0 Å². The molecule has 1 aromatic carbocycles. The van der Waals surface area contributed by atoms with Crippen molar-refractivity contribution in [3.63, 3.8) is 0 Å². The molecule has 2 rings (SSSR count). The minimum Gasteiger partial charge on any atom is -0.385 e. The molecule has 8 nitrogen and oxygen atoms in total. The minimum absolute atomic E-state index is 0.0933. The van der Waals surface area contributed by atoms with Crippen molar-refractivity contribution >= 4 is 11.5 Å². The zero-order valence-electron chi connectivity index (χ0n) is 8.99. The number of aromatic amines is 1. The highest BCUT2D eigenvalue weighted by Crippen LogP contribution is 2.16. The largest absolute Gasteiger partial charge is 0.385 e. The minimum atomic E-state index is -0.750. The summed E-state index contributed by atoms with van der Waals surface area (Å²) in [7, 11) is 0. The molecule has 0 aliphatic heterocycles. The summed E-state index contributed by atoms with van der Waals surface area (Å²) >= 11 is 0. The number of benzene rings is 1. The molecule has 8 heteroatoms. The summed E-state index contributed by atoms with van der Waals surface area (Å²) < 4.78 is 0.981. The number of hydrogen-bond acceptors (Lipinski definition) is 5. The third-order valence-corrected chi connectivity index (χ3v) is 2.27. The average Bonchev–Trinajstić information content (AvgIpc) is 2.28. The molecule has 0 fully saturated rings. The number of nitro groups is 1. The molecule has 0 unspecified atom stereocenters. The van der Waals surface area contributed by atoms with Gasteiger partial charge in [-0.2, -0.15) is 0 Å². The molecule has 0 aliphatic carbocycles.